The van der Waals surface area contributed by atoms with Crippen molar-refractivity contribution in [2.24, 2.45) is 0 Å². The molecule has 0 aliphatic carbocycles. The number of carbonyl (C=O) groups is 2. The number of rotatable bonds is 5. The summed E-state index contributed by atoms with van der Waals surface area (Å²) < 4.78 is 0.949. The molecule has 2 amide bonds. The van der Waals surface area contributed by atoms with Crippen LogP contribution >= 0.6 is 28.3 Å². The van der Waals surface area contributed by atoms with Gasteiger partial charge < -0.3 is 16.0 Å². The first-order valence-corrected chi connectivity index (χ1v) is 8.53. The molecule has 0 saturated carbocycles. The number of nitrogens with one attached hydrogen (secondary N) is 4. The third-order valence-corrected chi connectivity index (χ3v) is 4.32. The number of aromatic amines is 1. The van der Waals surface area contributed by atoms with Crippen LogP contribution in [-0.4, -0.2) is 35.1 Å². The minimum atomic E-state index is -0.257. The van der Waals surface area contributed by atoms with Crippen molar-refractivity contribution < 1.29 is 9.59 Å². The maximum absolute atomic E-state index is 12.2. The van der Waals surface area contributed by atoms with Gasteiger partial charge in [0.05, 0.1) is 0 Å². The first-order chi connectivity index (χ1) is 11.6. The average Bonchev–Trinajstić information content (AvgIpc) is 3.01. The van der Waals surface area contributed by atoms with Gasteiger partial charge in [-0.1, -0.05) is 15.9 Å². The lowest BCUT2D eigenvalue weighted by atomic mass is 10.1. The van der Waals surface area contributed by atoms with Crippen molar-refractivity contribution in [1.29, 1.82) is 0 Å². The molecule has 0 spiro atoms. The maximum Gasteiger partial charge on any atom is 0.272 e. The zero-order chi connectivity index (χ0) is 16.9. The molecule has 0 bridgehead atoms. The number of benzene rings is 1. The van der Waals surface area contributed by atoms with E-state index < -0.39 is 0 Å². The molecule has 1 aliphatic heterocycles. The predicted molar refractivity (Wildman–Crippen MR) is 101 cm³/mol. The summed E-state index contributed by atoms with van der Waals surface area (Å²) in [5.41, 5.74) is 3.05. The SMILES string of the molecule is Cl.O=C(CCNC(=O)c1n[nH]c2c1CNCC2)Nc1ccc(Br)cc1. The number of halogens is 2. The van der Waals surface area contributed by atoms with Crippen LogP contribution in [0.4, 0.5) is 5.69 Å². The maximum atomic E-state index is 12.2. The van der Waals surface area contributed by atoms with Crippen molar-refractivity contribution in [3.63, 3.8) is 0 Å². The summed E-state index contributed by atoms with van der Waals surface area (Å²) in [6.45, 7) is 1.78. The fourth-order valence-electron chi connectivity index (χ4n) is 2.54. The minimum Gasteiger partial charge on any atom is -0.350 e. The van der Waals surface area contributed by atoms with Crippen LogP contribution in [-0.2, 0) is 17.8 Å². The van der Waals surface area contributed by atoms with E-state index in [0.29, 0.717) is 12.2 Å². The van der Waals surface area contributed by atoms with Gasteiger partial charge >= 0.3 is 0 Å². The Bertz CT molecular complexity index is 747. The Labute approximate surface area is 159 Å². The van der Waals surface area contributed by atoms with Gasteiger partial charge in [0.2, 0.25) is 5.91 Å². The van der Waals surface area contributed by atoms with E-state index in [4.69, 9.17) is 0 Å². The molecule has 0 saturated heterocycles. The molecule has 7 nitrogen and oxygen atoms in total. The summed E-state index contributed by atoms with van der Waals surface area (Å²) >= 11 is 3.34. The Morgan fingerprint density at radius 1 is 1.24 bits per heavy atom. The predicted octanol–water partition coefficient (Wildman–Crippen LogP) is 2.00. The molecule has 0 unspecified atom stereocenters. The molecule has 2 aromatic rings. The van der Waals surface area contributed by atoms with Crippen molar-refractivity contribution in [2.75, 3.05) is 18.4 Å². The number of amides is 2. The van der Waals surface area contributed by atoms with Crippen LogP contribution in [0.3, 0.4) is 0 Å². The van der Waals surface area contributed by atoms with Gasteiger partial charge in [-0.25, -0.2) is 0 Å². The molecule has 134 valence electrons. The van der Waals surface area contributed by atoms with Crippen molar-refractivity contribution >= 4 is 45.8 Å². The molecule has 3 rings (SSSR count). The quantitative estimate of drug-likeness (QED) is 0.585. The van der Waals surface area contributed by atoms with Gasteiger partial charge in [0.15, 0.2) is 5.69 Å². The monoisotopic (exact) mass is 427 g/mol. The summed E-state index contributed by atoms with van der Waals surface area (Å²) in [4.78, 5) is 24.1. The van der Waals surface area contributed by atoms with E-state index in [1.54, 1.807) is 0 Å². The highest BCUT2D eigenvalue weighted by Crippen LogP contribution is 2.15. The molecule has 0 atom stereocenters. The lowest BCUT2D eigenvalue weighted by Crippen LogP contribution is -2.30. The zero-order valence-electron chi connectivity index (χ0n) is 13.4. The van der Waals surface area contributed by atoms with E-state index in [-0.39, 0.29) is 37.2 Å². The van der Waals surface area contributed by atoms with E-state index in [1.165, 1.54) is 0 Å². The van der Waals surface area contributed by atoms with Crippen molar-refractivity contribution in [3.05, 3.63) is 45.7 Å². The van der Waals surface area contributed by atoms with E-state index in [9.17, 15) is 9.59 Å². The summed E-state index contributed by atoms with van der Waals surface area (Å²) in [7, 11) is 0. The average molecular weight is 429 g/mol. The van der Waals surface area contributed by atoms with Gasteiger partial charge in [-0.3, -0.25) is 14.7 Å². The highest BCUT2D eigenvalue weighted by molar-refractivity contribution is 9.10. The number of hydrogen-bond donors (Lipinski definition) is 4. The van der Waals surface area contributed by atoms with E-state index in [2.05, 4.69) is 42.1 Å². The topological polar surface area (TPSA) is 98.9 Å². The molecule has 0 radical (unpaired) electrons. The zero-order valence-corrected chi connectivity index (χ0v) is 15.8. The molecular weight excluding hydrogens is 410 g/mol. The molecule has 9 heteroatoms. The first-order valence-electron chi connectivity index (χ1n) is 7.74. The Morgan fingerprint density at radius 2 is 2.00 bits per heavy atom. The van der Waals surface area contributed by atoms with Crippen LogP contribution in [0.5, 0.6) is 0 Å². The minimum absolute atomic E-state index is 0. The standard InChI is InChI=1S/C16H18BrN5O2.ClH/c17-10-1-3-11(4-2-10)20-14(23)6-8-19-16(24)15-12-9-18-7-5-13(12)21-22-15;/h1-4,18H,5-9H2,(H,19,24)(H,20,23)(H,21,22);1H. The summed E-state index contributed by atoms with van der Waals surface area (Å²) in [5, 5.41) is 15.7. The summed E-state index contributed by atoms with van der Waals surface area (Å²) in [6.07, 6.45) is 1.04. The second kappa shape index (κ2) is 8.98. The summed E-state index contributed by atoms with van der Waals surface area (Å²) in [5.74, 6) is -0.406. The fraction of sp³-hybridized carbons (Fsp3) is 0.312. The van der Waals surface area contributed by atoms with E-state index in [1.807, 2.05) is 24.3 Å². The third-order valence-electron chi connectivity index (χ3n) is 3.79. The Hall–Kier alpha value is -1.90. The highest BCUT2D eigenvalue weighted by Gasteiger charge is 2.21. The number of anilines is 1. The van der Waals surface area contributed by atoms with E-state index >= 15 is 0 Å². The molecule has 1 aromatic carbocycles. The van der Waals surface area contributed by atoms with Gasteiger partial charge in [-0.15, -0.1) is 12.4 Å². The number of H-pyrrole nitrogens is 1. The van der Waals surface area contributed by atoms with Gasteiger partial charge in [0.1, 0.15) is 0 Å². The van der Waals surface area contributed by atoms with Crippen LogP contribution in [0.2, 0.25) is 0 Å². The van der Waals surface area contributed by atoms with Crippen LogP contribution < -0.4 is 16.0 Å². The highest BCUT2D eigenvalue weighted by atomic mass is 79.9. The first kappa shape index (κ1) is 19.4. The van der Waals surface area contributed by atoms with Crippen molar-refractivity contribution in [3.8, 4) is 0 Å². The van der Waals surface area contributed by atoms with E-state index in [0.717, 1.165) is 34.4 Å². The van der Waals surface area contributed by atoms with Crippen LogP contribution in [0, 0.1) is 0 Å². The molecule has 0 fully saturated rings. The molecular formula is C16H19BrClN5O2. The summed E-state index contributed by atoms with van der Waals surface area (Å²) in [6, 6.07) is 7.32. The van der Waals surface area contributed by atoms with Gasteiger partial charge in [0, 0.05) is 53.9 Å². The second-order valence-electron chi connectivity index (χ2n) is 5.52. The van der Waals surface area contributed by atoms with Crippen LogP contribution in [0.25, 0.3) is 0 Å². The Kier molecular flexibility index (Phi) is 6.98. The molecule has 1 aliphatic rings. The normalized spacial score (nSPS) is 12.7. The van der Waals surface area contributed by atoms with Crippen molar-refractivity contribution in [2.45, 2.75) is 19.4 Å². The van der Waals surface area contributed by atoms with Crippen LogP contribution in [0.15, 0.2) is 28.7 Å². The van der Waals surface area contributed by atoms with Gasteiger partial charge in [0.25, 0.3) is 5.91 Å². The third kappa shape index (κ3) is 5.04. The number of fused-ring (bicyclic) bond motifs is 1. The molecule has 4 N–H and O–H groups in total. The Morgan fingerprint density at radius 3 is 2.76 bits per heavy atom. The molecule has 1 aromatic heterocycles. The van der Waals surface area contributed by atoms with Crippen LogP contribution in [0.1, 0.15) is 28.2 Å². The molecule has 2 heterocycles. The Balaban J connectivity index is 0.00000225. The lowest BCUT2D eigenvalue weighted by molar-refractivity contribution is -0.116. The van der Waals surface area contributed by atoms with Crippen molar-refractivity contribution in [1.82, 2.24) is 20.8 Å². The van der Waals surface area contributed by atoms with Gasteiger partial charge in [-0.05, 0) is 24.3 Å². The smallest absolute Gasteiger partial charge is 0.272 e. The fourth-order valence-corrected chi connectivity index (χ4v) is 2.81. The van der Waals surface area contributed by atoms with Gasteiger partial charge in [-0.2, -0.15) is 5.10 Å². The largest absolute Gasteiger partial charge is 0.350 e. The number of hydrogen-bond acceptors (Lipinski definition) is 4. The number of nitrogens with zero attached hydrogens (tertiary/aromatic N) is 1. The number of aromatic nitrogens is 2. The second-order valence-corrected chi connectivity index (χ2v) is 6.43. The lowest BCUT2D eigenvalue weighted by Gasteiger charge is -2.12. The molecule has 25 heavy (non-hydrogen) atoms. The number of carbonyl (C=O) groups excluding carboxylic acids is 2.